The summed E-state index contributed by atoms with van der Waals surface area (Å²) in [5.74, 6) is -1.62. The van der Waals surface area contributed by atoms with Crippen molar-refractivity contribution in [1.29, 1.82) is 0 Å². The van der Waals surface area contributed by atoms with Crippen LogP contribution in [0.2, 0.25) is 0 Å². The van der Waals surface area contributed by atoms with E-state index in [1.54, 1.807) is 54.5 Å². The van der Waals surface area contributed by atoms with Gasteiger partial charge in [-0.25, -0.2) is 9.59 Å². The van der Waals surface area contributed by atoms with Crippen molar-refractivity contribution in [2.45, 2.75) is 91.9 Å². The van der Waals surface area contributed by atoms with E-state index in [4.69, 9.17) is 34.2 Å². The molecule has 0 aliphatic heterocycles. The van der Waals surface area contributed by atoms with Crippen LogP contribution in [-0.4, -0.2) is 54.7 Å². The molecule has 2 N–H and O–H groups in total. The van der Waals surface area contributed by atoms with E-state index >= 15 is 0 Å². The molecule has 0 aromatic heterocycles. The van der Waals surface area contributed by atoms with Crippen LogP contribution in [0.1, 0.15) is 74.3 Å². The Labute approximate surface area is 230 Å². The number of rotatable bonds is 10. The molecule has 1 rings (SSSR count). The summed E-state index contributed by atoms with van der Waals surface area (Å²) in [6.45, 7) is 15.5. The van der Waals surface area contributed by atoms with Crippen LogP contribution < -0.4 is 15.2 Å². The topological polar surface area (TPSA) is 150 Å². The average molecular weight is 554 g/mol. The van der Waals surface area contributed by atoms with Crippen molar-refractivity contribution in [3.63, 3.8) is 0 Å². The van der Waals surface area contributed by atoms with Crippen molar-refractivity contribution in [2.75, 3.05) is 13.7 Å². The number of hydrogen-bond acceptors (Lipinski definition) is 11. The van der Waals surface area contributed by atoms with Gasteiger partial charge in [0.05, 0.1) is 19.6 Å². The second-order valence-electron chi connectivity index (χ2n) is 11.7. The fraction of sp³-hybridized carbons (Fsp3) is 0.643. The van der Waals surface area contributed by atoms with Gasteiger partial charge in [-0.2, -0.15) is 0 Å². The Hall–Kier alpha value is -3.34. The quantitative estimate of drug-likeness (QED) is 0.238. The molecule has 2 atom stereocenters. The Balaban J connectivity index is 3.24. The number of hydrogen-bond donors (Lipinski definition) is 1. The first kappa shape index (κ1) is 33.7. The summed E-state index contributed by atoms with van der Waals surface area (Å²) in [6, 6.07) is 4.31. The van der Waals surface area contributed by atoms with Gasteiger partial charge >= 0.3 is 24.2 Å². The fourth-order valence-electron chi connectivity index (χ4n) is 3.12. The summed E-state index contributed by atoms with van der Waals surface area (Å²) in [4.78, 5) is 49.5. The van der Waals surface area contributed by atoms with Crippen LogP contribution >= 0.6 is 0 Å². The van der Waals surface area contributed by atoms with E-state index in [0.717, 1.165) is 0 Å². The second kappa shape index (κ2) is 13.6. The van der Waals surface area contributed by atoms with Gasteiger partial charge in [-0.05, 0) is 65.2 Å². The normalized spacial score (nSPS) is 14.1. The minimum Gasteiger partial charge on any atom is -0.468 e. The summed E-state index contributed by atoms with van der Waals surface area (Å²) < 4.78 is 31.2. The molecule has 1 unspecified atom stereocenters. The number of carbonyl (C=O) groups is 4. The molecule has 11 nitrogen and oxygen atoms in total. The van der Waals surface area contributed by atoms with Crippen LogP contribution in [0.25, 0.3) is 0 Å². The molecule has 0 aliphatic carbocycles. The first-order chi connectivity index (χ1) is 17.8. The molecular formula is C28H43NO10. The maximum atomic E-state index is 12.6. The van der Waals surface area contributed by atoms with Gasteiger partial charge in [-0.3, -0.25) is 9.59 Å². The number of nitrogens with two attached hydrogens (primary N) is 1. The molecule has 0 saturated heterocycles. The van der Waals surface area contributed by atoms with Gasteiger partial charge in [-0.15, -0.1) is 0 Å². The highest BCUT2D eigenvalue weighted by atomic mass is 16.8. The van der Waals surface area contributed by atoms with E-state index in [0.29, 0.717) is 5.56 Å². The Morgan fingerprint density at radius 1 is 0.846 bits per heavy atom. The molecule has 0 radical (unpaired) electrons. The predicted molar refractivity (Wildman–Crippen MR) is 142 cm³/mol. The number of ether oxygens (including phenoxy) is 6. The smallest absolute Gasteiger partial charge is 0.468 e. The number of methoxy groups -OCH3 is 1. The minimum absolute atomic E-state index is 0.0331. The van der Waals surface area contributed by atoms with Crippen LogP contribution in [0.5, 0.6) is 11.5 Å². The monoisotopic (exact) mass is 553 g/mol. The maximum Gasteiger partial charge on any atom is 0.514 e. The minimum atomic E-state index is -1.58. The van der Waals surface area contributed by atoms with E-state index in [1.165, 1.54) is 19.2 Å². The van der Waals surface area contributed by atoms with Crippen molar-refractivity contribution in [2.24, 2.45) is 17.6 Å². The summed E-state index contributed by atoms with van der Waals surface area (Å²) in [5.41, 5.74) is 3.63. The van der Waals surface area contributed by atoms with Crippen LogP contribution in [0.4, 0.5) is 9.59 Å². The zero-order chi connectivity index (χ0) is 30.2. The van der Waals surface area contributed by atoms with Gasteiger partial charge in [0.2, 0.25) is 0 Å². The van der Waals surface area contributed by atoms with E-state index in [1.807, 2.05) is 13.8 Å². The first-order valence-electron chi connectivity index (χ1n) is 12.7. The highest BCUT2D eigenvalue weighted by molar-refractivity contribution is 5.81. The molecule has 0 heterocycles. The third kappa shape index (κ3) is 11.9. The summed E-state index contributed by atoms with van der Waals surface area (Å²) in [7, 11) is 1.20. The van der Waals surface area contributed by atoms with Crippen LogP contribution in [0.15, 0.2) is 18.2 Å². The predicted octanol–water partition coefficient (Wildman–Crippen LogP) is 4.95. The Kier molecular flexibility index (Phi) is 11.8. The standard InChI is InChI=1S/C28H43NO10/c1-17(2)18(3)22(30)35-14-13-28(29,23(31)34-10)16-19-11-12-20(36-24(32)38-26(4,5)6)21(15-19)37-25(33)39-27(7,8)9/h11-12,15,17-18H,13-14,16,29H2,1-10H3/t18?,28-/m1/s1. The van der Waals surface area contributed by atoms with Crippen LogP contribution in [0.3, 0.4) is 0 Å². The lowest BCUT2D eigenvalue weighted by Crippen LogP contribution is -2.51. The maximum absolute atomic E-state index is 12.6. The van der Waals surface area contributed by atoms with Crippen molar-refractivity contribution >= 4 is 24.2 Å². The van der Waals surface area contributed by atoms with Crippen molar-refractivity contribution < 1.29 is 47.6 Å². The van der Waals surface area contributed by atoms with E-state index < -0.39 is 41.0 Å². The lowest BCUT2D eigenvalue weighted by molar-refractivity contribution is -0.153. The zero-order valence-electron chi connectivity index (χ0n) is 24.7. The van der Waals surface area contributed by atoms with Crippen molar-refractivity contribution in [3.05, 3.63) is 23.8 Å². The first-order valence-corrected chi connectivity index (χ1v) is 12.7. The van der Waals surface area contributed by atoms with Gasteiger partial charge in [0.25, 0.3) is 0 Å². The number of esters is 2. The molecule has 39 heavy (non-hydrogen) atoms. The van der Waals surface area contributed by atoms with Crippen LogP contribution in [0, 0.1) is 11.8 Å². The third-order valence-corrected chi connectivity index (χ3v) is 5.45. The molecule has 0 saturated carbocycles. The number of benzene rings is 1. The average Bonchev–Trinajstić information content (AvgIpc) is 2.76. The lowest BCUT2D eigenvalue weighted by Gasteiger charge is -2.27. The molecule has 1 aromatic rings. The Morgan fingerprint density at radius 3 is 1.82 bits per heavy atom. The molecule has 220 valence electrons. The highest BCUT2D eigenvalue weighted by Gasteiger charge is 2.36. The van der Waals surface area contributed by atoms with Crippen molar-refractivity contribution in [3.8, 4) is 11.5 Å². The van der Waals surface area contributed by atoms with Crippen LogP contribution in [-0.2, 0) is 35.0 Å². The van der Waals surface area contributed by atoms with E-state index in [-0.39, 0.29) is 42.8 Å². The van der Waals surface area contributed by atoms with Gasteiger partial charge in [-0.1, -0.05) is 26.8 Å². The fourth-order valence-corrected chi connectivity index (χ4v) is 3.12. The molecule has 0 amide bonds. The largest absolute Gasteiger partial charge is 0.514 e. The van der Waals surface area contributed by atoms with Gasteiger partial charge < -0.3 is 34.2 Å². The number of carbonyl (C=O) groups excluding carboxylic acids is 4. The summed E-state index contributed by atoms with van der Waals surface area (Å²) >= 11 is 0. The van der Waals surface area contributed by atoms with Gasteiger partial charge in [0.1, 0.15) is 16.7 Å². The second-order valence-corrected chi connectivity index (χ2v) is 11.7. The SMILES string of the molecule is COC(=O)[C@@](N)(CCOC(=O)C(C)C(C)C)Cc1ccc(OC(=O)OC(C)(C)C)c(OC(=O)OC(C)(C)C)c1. The van der Waals surface area contributed by atoms with Crippen molar-refractivity contribution in [1.82, 2.24) is 0 Å². The molecule has 0 bridgehead atoms. The molecule has 1 aromatic carbocycles. The molecule has 0 fully saturated rings. The summed E-state index contributed by atoms with van der Waals surface area (Å²) in [6.07, 6.45) is -2.15. The van der Waals surface area contributed by atoms with Gasteiger partial charge in [0.15, 0.2) is 11.5 Å². The molecular weight excluding hydrogens is 510 g/mol. The zero-order valence-corrected chi connectivity index (χ0v) is 24.7. The lowest BCUT2D eigenvalue weighted by atomic mass is 9.88. The Bertz CT molecular complexity index is 1020. The highest BCUT2D eigenvalue weighted by Crippen LogP contribution is 2.32. The third-order valence-electron chi connectivity index (χ3n) is 5.45. The van der Waals surface area contributed by atoms with Gasteiger partial charge in [0, 0.05) is 12.8 Å². The Morgan fingerprint density at radius 2 is 1.36 bits per heavy atom. The summed E-state index contributed by atoms with van der Waals surface area (Å²) in [5, 5.41) is 0. The molecule has 0 aliphatic rings. The van der Waals surface area contributed by atoms with E-state index in [9.17, 15) is 19.2 Å². The molecule has 11 heteroatoms. The molecule has 0 spiro atoms. The van der Waals surface area contributed by atoms with E-state index in [2.05, 4.69) is 0 Å².